The van der Waals surface area contributed by atoms with Gasteiger partial charge in [-0.05, 0) is 42.9 Å². The summed E-state index contributed by atoms with van der Waals surface area (Å²) in [6, 6.07) is 14.0. The van der Waals surface area contributed by atoms with Crippen molar-refractivity contribution >= 4 is 10.0 Å². The van der Waals surface area contributed by atoms with Gasteiger partial charge in [0, 0.05) is 25.0 Å². The second kappa shape index (κ2) is 7.23. The van der Waals surface area contributed by atoms with Gasteiger partial charge in [-0.1, -0.05) is 36.4 Å². The Kier molecular flexibility index (Phi) is 5.08. The molecular formula is C18H22N2O2S. The van der Waals surface area contributed by atoms with Gasteiger partial charge in [-0.25, -0.2) is 8.42 Å². The summed E-state index contributed by atoms with van der Waals surface area (Å²) < 4.78 is 27.1. The lowest BCUT2D eigenvalue weighted by Gasteiger charge is -2.22. The Morgan fingerprint density at radius 2 is 1.78 bits per heavy atom. The van der Waals surface area contributed by atoms with Crippen LogP contribution < -0.4 is 0 Å². The summed E-state index contributed by atoms with van der Waals surface area (Å²) in [7, 11) is -3.22. The van der Waals surface area contributed by atoms with Crippen LogP contribution in [0.15, 0.2) is 54.9 Å². The third-order valence-electron chi connectivity index (χ3n) is 4.08. The predicted octanol–water partition coefficient (Wildman–Crippen LogP) is 3.01. The second-order valence-corrected chi connectivity index (χ2v) is 8.08. The van der Waals surface area contributed by atoms with E-state index >= 15 is 0 Å². The molecule has 1 aromatic carbocycles. The van der Waals surface area contributed by atoms with Crippen molar-refractivity contribution in [2.75, 3.05) is 5.75 Å². The van der Waals surface area contributed by atoms with Gasteiger partial charge in [0.15, 0.2) is 0 Å². The fourth-order valence-corrected chi connectivity index (χ4v) is 4.46. The van der Waals surface area contributed by atoms with E-state index in [1.54, 1.807) is 16.7 Å². The molecule has 0 amide bonds. The van der Waals surface area contributed by atoms with Gasteiger partial charge in [0.2, 0.25) is 10.0 Å². The third kappa shape index (κ3) is 4.62. The zero-order valence-corrected chi connectivity index (χ0v) is 14.0. The van der Waals surface area contributed by atoms with E-state index in [-0.39, 0.29) is 11.8 Å². The maximum atomic E-state index is 12.7. The van der Waals surface area contributed by atoms with Crippen molar-refractivity contribution in [2.45, 2.75) is 38.3 Å². The average Bonchev–Trinajstić information content (AvgIpc) is 3.39. The summed E-state index contributed by atoms with van der Waals surface area (Å²) in [5, 5.41) is 0. The Morgan fingerprint density at radius 3 is 2.43 bits per heavy atom. The number of rotatable bonds is 8. The number of aryl methyl sites for hydroxylation is 1. The standard InChI is InChI=1S/C18H22N2O2S/c21-23(22,13-5-9-16-6-2-1-3-7-16)20(18-10-11-18)15-17-8-4-12-19-14-17/h1-4,6-8,12,14,18H,5,9-11,13,15H2. The molecule has 4 nitrogen and oxygen atoms in total. The van der Waals surface area contributed by atoms with Gasteiger partial charge in [0.25, 0.3) is 0 Å². The first-order valence-electron chi connectivity index (χ1n) is 8.07. The fraction of sp³-hybridized carbons (Fsp3) is 0.389. The topological polar surface area (TPSA) is 50.3 Å². The van der Waals surface area contributed by atoms with Gasteiger partial charge < -0.3 is 0 Å². The summed E-state index contributed by atoms with van der Waals surface area (Å²) in [5.74, 6) is 0.207. The van der Waals surface area contributed by atoms with Gasteiger partial charge in [0.1, 0.15) is 0 Å². The van der Waals surface area contributed by atoms with Crippen LogP contribution in [-0.2, 0) is 23.0 Å². The van der Waals surface area contributed by atoms with Gasteiger partial charge in [-0.15, -0.1) is 0 Å². The largest absolute Gasteiger partial charge is 0.264 e. The van der Waals surface area contributed by atoms with Crippen LogP contribution in [-0.4, -0.2) is 29.5 Å². The molecule has 5 heteroatoms. The van der Waals surface area contributed by atoms with Crippen molar-refractivity contribution in [3.8, 4) is 0 Å². The Bertz CT molecular complexity index is 713. The molecule has 3 rings (SSSR count). The summed E-state index contributed by atoms with van der Waals surface area (Å²) in [5.41, 5.74) is 2.14. The Balaban J connectivity index is 1.61. The monoisotopic (exact) mass is 330 g/mol. The van der Waals surface area contributed by atoms with E-state index < -0.39 is 10.0 Å². The van der Waals surface area contributed by atoms with Gasteiger partial charge in [0.05, 0.1) is 5.75 Å². The van der Waals surface area contributed by atoms with Crippen molar-refractivity contribution in [1.29, 1.82) is 0 Å². The minimum Gasteiger partial charge on any atom is -0.264 e. The maximum Gasteiger partial charge on any atom is 0.214 e. The predicted molar refractivity (Wildman–Crippen MR) is 91.4 cm³/mol. The zero-order chi connectivity index (χ0) is 16.1. The summed E-state index contributed by atoms with van der Waals surface area (Å²) in [6.07, 6.45) is 6.85. The molecule has 0 atom stereocenters. The Labute approximate surface area is 138 Å². The van der Waals surface area contributed by atoms with Crippen molar-refractivity contribution in [3.63, 3.8) is 0 Å². The summed E-state index contributed by atoms with van der Waals surface area (Å²) in [6.45, 7) is 0.437. The third-order valence-corrected chi connectivity index (χ3v) is 6.03. The quantitative estimate of drug-likeness (QED) is 0.747. The van der Waals surface area contributed by atoms with Gasteiger partial charge >= 0.3 is 0 Å². The van der Waals surface area contributed by atoms with Crippen molar-refractivity contribution < 1.29 is 8.42 Å². The summed E-state index contributed by atoms with van der Waals surface area (Å²) >= 11 is 0. The van der Waals surface area contributed by atoms with E-state index in [9.17, 15) is 8.42 Å². The molecule has 1 fully saturated rings. The highest BCUT2D eigenvalue weighted by Gasteiger charge is 2.36. The van der Waals surface area contributed by atoms with Crippen LogP contribution >= 0.6 is 0 Å². The van der Waals surface area contributed by atoms with Crippen LogP contribution in [0.4, 0.5) is 0 Å². The molecular weight excluding hydrogens is 308 g/mol. The molecule has 23 heavy (non-hydrogen) atoms. The lowest BCUT2D eigenvalue weighted by molar-refractivity contribution is 0.397. The van der Waals surface area contributed by atoms with E-state index in [1.165, 1.54) is 5.56 Å². The van der Waals surface area contributed by atoms with Crippen LogP contribution in [0.2, 0.25) is 0 Å². The minimum absolute atomic E-state index is 0.178. The molecule has 122 valence electrons. The molecule has 0 N–H and O–H groups in total. The van der Waals surface area contributed by atoms with Crippen molar-refractivity contribution in [3.05, 3.63) is 66.0 Å². The van der Waals surface area contributed by atoms with Crippen molar-refractivity contribution in [2.24, 2.45) is 0 Å². The Hall–Kier alpha value is -1.72. The average molecular weight is 330 g/mol. The number of sulfonamides is 1. The van der Waals surface area contributed by atoms with Gasteiger partial charge in [-0.2, -0.15) is 4.31 Å². The van der Waals surface area contributed by atoms with E-state index in [2.05, 4.69) is 4.98 Å². The molecule has 1 aliphatic rings. The number of nitrogens with zero attached hydrogens (tertiary/aromatic N) is 2. The highest BCUT2D eigenvalue weighted by molar-refractivity contribution is 7.89. The molecule has 0 spiro atoms. The summed E-state index contributed by atoms with van der Waals surface area (Å²) in [4.78, 5) is 4.08. The van der Waals surface area contributed by atoms with E-state index in [0.717, 1.165) is 24.8 Å². The molecule has 1 saturated carbocycles. The minimum atomic E-state index is -3.22. The van der Waals surface area contributed by atoms with Crippen molar-refractivity contribution in [1.82, 2.24) is 9.29 Å². The maximum absolute atomic E-state index is 12.7. The number of aromatic nitrogens is 1. The van der Waals surface area contributed by atoms with E-state index in [0.29, 0.717) is 13.0 Å². The van der Waals surface area contributed by atoms with E-state index in [4.69, 9.17) is 0 Å². The fourth-order valence-electron chi connectivity index (χ4n) is 2.71. The molecule has 0 bridgehead atoms. The SMILES string of the molecule is O=S(=O)(CCCc1ccccc1)N(Cc1cccnc1)C1CC1. The molecule has 1 aliphatic carbocycles. The molecule has 2 aromatic rings. The lowest BCUT2D eigenvalue weighted by atomic mass is 10.1. The molecule has 0 aliphatic heterocycles. The van der Waals surface area contributed by atoms with Crippen LogP contribution in [0.3, 0.4) is 0 Å². The van der Waals surface area contributed by atoms with Crippen LogP contribution in [0.1, 0.15) is 30.4 Å². The van der Waals surface area contributed by atoms with Gasteiger partial charge in [-0.3, -0.25) is 4.98 Å². The first-order chi connectivity index (χ1) is 11.1. The first-order valence-corrected chi connectivity index (χ1v) is 9.68. The first kappa shape index (κ1) is 16.1. The number of pyridine rings is 1. The molecule has 0 saturated heterocycles. The number of hydrogen-bond donors (Lipinski definition) is 0. The molecule has 0 unspecified atom stereocenters. The molecule has 0 radical (unpaired) electrons. The zero-order valence-electron chi connectivity index (χ0n) is 13.1. The highest BCUT2D eigenvalue weighted by atomic mass is 32.2. The highest BCUT2D eigenvalue weighted by Crippen LogP contribution is 2.31. The molecule has 1 aromatic heterocycles. The normalized spacial score (nSPS) is 15.0. The Morgan fingerprint density at radius 1 is 1.04 bits per heavy atom. The van der Waals surface area contributed by atoms with Crippen LogP contribution in [0, 0.1) is 0 Å². The second-order valence-electron chi connectivity index (χ2n) is 6.04. The van der Waals surface area contributed by atoms with Crippen LogP contribution in [0.5, 0.6) is 0 Å². The number of benzene rings is 1. The smallest absolute Gasteiger partial charge is 0.214 e. The number of hydrogen-bond acceptors (Lipinski definition) is 3. The lowest BCUT2D eigenvalue weighted by Crippen LogP contribution is -2.34. The van der Waals surface area contributed by atoms with E-state index in [1.807, 2.05) is 42.5 Å². The molecule has 1 heterocycles. The van der Waals surface area contributed by atoms with Crippen LogP contribution in [0.25, 0.3) is 0 Å².